The van der Waals surface area contributed by atoms with Gasteiger partial charge in [-0.15, -0.1) is 0 Å². The van der Waals surface area contributed by atoms with Crippen LogP contribution >= 0.6 is 0 Å². The Labute approximate surface area is 165 Å². The summed E-state index contributed by atoms with van der Waals surface area (Å²) < 4.78 is 38.8. The van der Waals surface area contributed by atoms with E-state index in [1.165, 1.54) is 10.4 Å². The summed E-state index contributed by atoms with van der Waals surface area (Å²) in [6.07, 6.45) is 0. The number of ether oxygens (including phenoxy) is 2. The van der Waals surface area contributed by atoms with Gasteiger partial charge in [-0.2, -0.15) is 9.57 Å². The second-order valence-corrected chi connectivity index (χ2v) is 8.18. The summed E-state index contributed by atoms with van der Waals surface area (Å²) in [6, 6.07) is 14.2. The van der Waals surface area contributed by atoms with Crippen LogP contribution in [0.5, 0.6) is 11.5 Å². The van der Waals surface area contributed by atoms with Crippen LogP contribution in [0.1, 0.15) is 12.5 Å². The van der Waals surface area contributed by atoms with Gasteiger partial charge in [0.15, 0.2) is 0 Å². The van der Waals surface area contributed by atoms with E-state index in [-0.39, 0.29) is 16.2 Å². The Morgan fingerprint density at radius 2 is 1.79 bits per heavy atom. The van der Waals surface area contributed by atoms with Crippen molar-refractivity contribution >= 4 is 15.7 Å². The van der Waals surface area contributed by atoms with E-state index in [1.54, 1.807) is 26.2 Å². The molecule has 1 saturated heterocycles. The van der Waals surface area contributed by atoms with Gasteiger partial charge in [-0.25, -0.2) is 8.42 Å². The number of nitriles is 1. The van der Waals surface area contributed by atoms with Crippen LogP contribution in [-0.2, 0) is 10.0 Å². The third-order valence-electron chi connectivity index (χ3n) is 4.65. The minimum atomic E-state index is -3.77. The minimum Gasteiger partial charge on any atom is -0.495 e. The first-order valence-electron chi connectivity index (χ1n) is 9.06. The minimum absolute atomic E-state index is 0.0409. The number of para-hydroxylation sites is 2. The molecule has 0 radical (unpaired) electrons. The van der Waals surface area contributed by atoms with Gasteiger partial charge in [-0.1, -0.05) is 12.1 Å². The molecule has 8 heteroatoms. The zero-order chi connectivity index (χ0) is 20.1. The van der Waals surface area contributed by atoms with E-state index in [1.807, 2.05) is 30.3 Å². The molecule has 1 aliphatic rings. The van der Waals surface area contributed by atoms with Crippen molar-refractivity contribution in [2.75, 3.05) is 44.8 Å². The Hall–Kier alpha value is -2.76. The van der Waals surface area contributed by atoms with Crippen molar-refractivity contribution in [1.29, 1.82) is 5.26 Å². The molecule has 1 heterocycles. The van der Waals surface area contributed by atoms with Gasteiger partial charge in [0.2, 0.25) is 10.0 Å². The molecule has 1 fully saturated rings. The SMILES string of the molecule is CCOc1ccc(C#N)cc1S(=O)(=O)N1CCN(c2ccccc2OC)CC1. The first-order valence-corrected chi connectivity index (χ1v) is 10.5. The summed E-state index contributed by atoms with van der Waals surface area (Å²) in [7, 11) is -2.15. The van der Waals surface area contributed by atoms with Gasteiger partial charge in [-0.05, 0) is 37.3 Å². The highest BCUT2D eigenvalue weighted by Crippen LogP contribution is 2.31. The maximum Gasteiger partial charge on any atom is 0.246 e. The summed E-state index contributed by atoms with van der Waals surface area (Å²) >= 11 is 0. The highest BCUT2D eigenvalue weighted by molar-refractivity contribution is 7.89. The van der Waals surface area contributed by atoms with Crippen molar-refractivity contribution in [2.45, 2.75) is 11.8 Å². The van der Waals surface area contributed by atoms with Crippen LogP contribution in [0.4, 0.5) is 5.69 Å². The van der Waals surface area contributed by atoms with E-state index >= 15 is 0 Å². The molecule has 0 unspecified atom stereocenters. The Morgan fingerprint density at radius 1 is 1.07 bits per heavy atom. The van der Waals surface area contributed by atoms with Crippen LogP contribution in [0, 0.1) is 11.3 Å². The molecular weight excluding hydrogens is 378 g/mol. The smallest absolute Gasteiger partial charge is 0.246 e. The monoisotopic (exact) mass is 401 g/mol. The van der Waals surface area contributed by atoms with Crippen molar-refractivity contribution < 1.29 is 17.9 Å². The summed E-state index contributed by atoms with van der Waals surface area (Å²) in [5, 5.41) is 9.15. The molecule has 2 aromatic rings. The van der Waals surface area contributed by atoms with E-state index in [0.717, 1.165) is 11.4 Å². The van der Waals surface area contributed by atoms with Crippen LogP contribution in [0.25, 0.3) is 0 Å². The molecule has 0 aliphatic carbocycles. The number of rotatable bonds is 6. The molecule has 2 aromatic carbocycles. The average Bonchev–Trinajstić information content (AvgIpc) is 2.74. The summed E-state index contributed by atoms with van der Waals surface area (Å²) in [5.74, 6) is 1.04. The van der Waals surface area contributed by atoms with E-state index in [2.05, 4.69) is 4.90 Å². The molecule has 3 rings (SSSR count). The third-order valence-corrected chi connectivity index (χ3v) is 6.57. The lowest BCUT2D eigenvalue weighted by Gasteiger charge is -2.36. The number of piperazine rings is 1. The fourth-order valence-corrected chi connectivity index (χ4v) is 4.83. The van der Waals surface area contributed by atoms with Crippen LogP contribution in [0.3, 0.4) is 0 Å². The Morgan fingerprint density at radius 3 is 2.43 bits per heavy atom. The molecule has 1 aliphatic heterocycles. The Kier molecular flexibility index (Phi) is 6.07. The van der Waals surface area contributed by atoms with E-state index < -0.39 is 10.0 Å². The molecular formula is C20H23N3O4S. The lowest BCUT2D eigenvalue weighted by molar-refractivity contribution is 0.327. The molecule has 7 nitrogen and oxygen atoms in total. The lowest BCUT2D eigenvalue weighted by Crippen LogP contribution is -2.48. The predicted octanol–water partition coefficient (Wildman–Crippen LogP) is 2.48. The van der Waals surface area contributed by atoms with Crippen molar-refractivity contribution in [2.24, 2.45) is 0 Å². The van der Waals surface area contributed by atoms with Crippen LogP contribution < -0.4 is 14.4 Å². The zero-order valence-corrected chi connectivity index (χ0v) is 16.8. The average molecular weight is 401 g/mol. The van der Waals surface area contributed by atoms with E-state index in [4.69, 9.17) is 14.7 Å². The van der Waals surface area contributed by atoms with Crippen LogP contribution in [0.2, 0.25) is 0 Å². The number of sulfonamides is 1. The van der Waals surface area contributed by atoms with Gasteiger partial charge >= 0.3 is 0 Å². The normalized spacial score (nSPS) is 15.1. The van der Waals surface area contributed by atoms with Crippen molar-refractivity contribution in [1.82, 2.24) is 4.31 Å². The van der Waals surface area contributed by atoms with Gasteiger partial charge in [0.25, 0.3) is 0 Å². The number of nitrogens with zero attached hydrogens (tertiary/aromatic N) is 3. The second kappa shape index (κ2) is 8.50. The van der Waals surface area contributed by atoms with Crippen molar-refractivity contribution in [3.63, 3.8) is 0 Å². The Balaban J connectivity index is 1.83. The quantitative estimate of drug-likeness (QED) is 0.740. The number of hydrogen-bond acceptors (Lipinski definition) is 6. The van der Waals surface area contributed by atoms with Crippen molar-refractivity contribution in [3.05, 3.63) is 48.0 Å². The third kappa shape index (κ3) is 3.91. The topological polar surface area (TPSA) is 82.9 Å². The highest BCUT2D eigenvalue weighted by atomic mass is 32.2. The second-order valence-electron chi connectivity index (χ2n) is 6.27. The summed E-state index contributed by atoms with van der Waals surface area (Å²) in [6.45, 7) is 3.89. The van der Waals surface area contributed by atoms with Gasteiger partial charge in [0.1, 0.15) is 16.4 Å². The number of hydrogen-bond donors (Lipinski definition) is 0. The molecule has 0 spiro atoms. The Bertz CT molecular complexity index is 977. The zero-order valence-electron chi connectivity index (χ0n) is 16.0. The molecule has 148 valence electrons. The maximum atomic E-state index is 13.2. The standard InChI is InChI=1S/C20H23N3O4S/c1-3-27-19-9-8-16(15-21)14-20(19)28(24,25)23-12-10-22(11-13-23)17-6-4-5-7-18(17)26-2/h4-9,14H,3,10-13H2,1-2H3. The summed E-state index contributed by atoms with van der Waals surface area (Å²) in [4.78, 5) is 2.15. The molecule has 28 heavy (non-hydrogen) atoms. The highest BCUT2D eigenvalue weighted by Gasteiger charge is 2.31. The van der Waals surface area contributed by atoms with Crippen molar-refractivity contribution in [3.8, 4) is 17.6 Å². The summed E-state index contributed by atoms with van der Waals surface area (Å²) in [5.41, 5.74) is 1.23. The van der Waals surface area contributed by atoms with E-state index in [0.29, 0.717) is 32.8 Å². The predicted molar refractivity (Wildman–Crippen MR) is 106 cm³/mol. The first-order chi connectivity index (χ1) is 13.5. The van der Waals surface area contributed by atoms with Crippen LogP contribution in [0.15, 0.2) is 47.4 Å². The van der Waals surface area contributed by atoms with Gasteiger partial charge in [0, 0.05) is 26.2 Å². The number of anilines is 1. The molecule has 0 N–H and O–H groups in total. The van der Waals surface area contributed by atoms with Crippen LogP contribution in [-0.4, -0.2) is 52.6 Å². The van der Waals surface area contributed by atoms with Gasteiger partial charge < -0.3 is 14.4 Å². The van der Waals surface area contributed by atoms with E-state index in [9.17, 15) is 8.42 Å². The maximum absolute atomic E-state index is 13.2. The molecule has 0 aromatic heterocycles. The number of benzene rings is 2. The molecule has 0 saturated carbocycles. The first kappa shape index (κ1) is 20.0. The fourth-order valence-electron chi connectivity index (χ4n) is 3.25. The largest absolute Gasteiger partial charge is 0.495 e. The van der Waals surface area contributed by atoms with Gasteiger partial charge in [0.05, 0.1) is 31.0 Å². The number of methoxy groups -OCH3 is 1. The molecule has 0 atom stereocenters. The molecule has 0 bridgehead atoms. The molecule has 0 amide bonds. The van der Waals surface area contributed by atoms with Gasteiger partial charge in [-0.3, -0.25) is 0 Å². The fraction of sp³-hybridized carbons (Fsp3) is 0.350. The lowest BCUT2D eigenvalue weighted by atomic mass is 10.2.